The Morgan fingerprint density at radius 1 is 1.25 bits per heavy atom. The molecular formula is C20H22BrN3O3S. The first kappa shape index (κ1) is 20.5. The van der Waals surface area contributed by atoms with E-state index < -0.39 is 17.5 Å². The van der Waals surface area contributed by atoms with Crippen LogP contribution in [0.2, 0.25) is 0 Å². The lowest BCUT2D eigenvalue weighted by molar-refractivity contribution is -0.134. The number of hydrogen-bond acceptors (Lipinski definition) is 4. The molecule has 28 heavy (non-hydrogen) atoms. The molecule has 1 aromatic heterocycles. The molecule has 0 radical (unpaired) electrons. The van der Waals surface area contributed by atoms with Gasteiger partial charge in [0, 0.05) is 4.88 Å². The molecule has 1 aliphatic heterocycles. The summed E-state index contributed by atoms with van der Waals surface area (Å²) in [6.07, 6.45) is 0.951. The first-order valence-corrected chi connectivity index (χ1v) is 10.6. The fourth-order valence-corrected chi connectivity index (χ4v) is 4.63. The lowest BCUT2D eigenvalue weighted by atomic mass is 10.0. The van der Waals surface area contributed by atoms with Crippen molar-refractivity contribution in [2.45, 2.75) is 38.8 Å². The fourth-order valence-electron chi connectivity index (χ4n) is 3.15. The van der Waals surface area contributed by atoms with Crippen molar-refractivity contribution in [2.24, 2.45) is 0 Å². The third-order valence-electron chi connectivity index (χ3n) is 4.91. The topological polar surface area (TPSA) is 78.5 Å². The molecule has 1 aromatic carbocycles. The second-order valence-corrected chi connectivity index (χ2v) is 9.40. The van der Waals surface area contributed by atoms with Crippen LogP contribution < -0.4 is 10.6 Å². The van der Waals surface area contributed by atoms with Crippen LogP contribution in [-0.4, -0.2) is 29.3 Å². The van der Waals surface area contributed by atoms with Gasteiger partial charge in [-0.3, -0.25) is 14.5 Å². The van der Waals surface area contributed by atoms with E-state index >= 15 is 0 Å². The smallest absolute Gasteiger partial charge is 0.325 e. The number of amides is 4. The van der Waals surface area contributed by atoms with Gasteiger partial charge in [-0.1, -0.05) is 31.2 Å². The van der Waals surface area contributed by atoms with E-state index in [1.807, 2.05) is 37.3 Å². The second-order valence-electron chi connectivity index (χ2n) is 6.93. The van der Waals surface area contributed by atoms with Crippen LogP contribution in [0.25, 0.3) is 0 Å². The molecule has 2 N–H and O–H groups in total. The number of nitrogens with one attached hydrogen (secondary N) is 2. The zero-order valence-corrected chi connectivity index (χ0v) is 18.3. The number of hydrogen-bond donors (Lipinski definition) is 2. The van der Waals surface area contributed by atoms with Gasteiger partial charge in [0.25, 0.3) is 5.91 Å². The van der Waals surface area contributed by atoms with Gasteiger partial charge < -0.3 is 10.6 Å². The van der Waals surface area contributed by atoms with Crippen LogP contribution in [0, 0.1) is 0 Å². The lowest BCUT2D eigenvalue weighted by Crippen LogP contribution is -2.43. The van der Waals surface area contributed by atoms with Gasteiger partial charge >= 0.3 is 6.03 Å². The van der Waals surface area contributed by atoms with E-state index in [0.717, 1.165) is 20.7 Å². The van der Waals surface area contributed by atoms with E-state index in [0.29, 0.717) is 4.88 Å². The Morgan fingerprint density at radius 2 is 1.93 bits per heavy atom. The van der Waals surface area contributed by atoms with Crippen molar-refractivity contribution >= 4 is 45.1 Å². The van der Waals surface area contributed by atoms with Gasteiger partial charge in [0.1, 0.15) is 6.54 Å². The maximum atomic E-state index is 12.9. The first-order chi connectivity index (χ1) is 13.2. The summed E-state index contributed by atoms with van der Waals surface area (Å²) in [4.78, 5) is 39.4. The van der Waals surface area contributed by atoms with Gasteiger partial charge in [0.2, 0.25) is 5.91 Å². The van der Waals surface area contributed by atoms with Crippen molar-refractivity contribution in [1.29, 1.82) is 0 Å². The van der Waals surface area contributed by atoms with E-state index in [1.54, 1.807) is 13.0 Å². The monoisotopic (exact) mass is 463 g/mol. The molecule has 0 bridgehead atoms. The molecule has 0 spiro atoms. The van der Waals surface area contributed by atoms with Crippen LogP contribution in [0.15, 0.2) is 40.2 Å². The predicted octanol–water partition coefficient (Wildman–Crippen LogP) is 3.72. The number of nitrogens with zero attached hydrogens (tertiary/aromatic N) is 1. The number of urea groups is 1. The third kappa shape index (κ3) is 3.98. The van der Waals surface area contributed by atoms with Crippen LogP contribution >= 0.6 is 27.3 Å². The Labute approximate surface area is 176 Å². The van der Waals surface area contributed by atoms with Crippen molar-refractivity contribution in [3.63, 3.8) is 0 Å². The summed E-state index contributed by atoms with van der Waals surface area (Å²) in [5.41, 5.74) is 1.03. The third-order valence-corrected chi connectivity index (χ3v) is 6.75. The second kappa shape index (κ2) is 8.05. The van der Waals surface area contributed by atoms with Gasteiger partial charge in [-0.05, 0) is 59.5 Å². The van der Waals surface area contributed by atoms with Crippen molar-refractivity contribution in [1.82, 2.24) is 15.5 Å². The number of aryl methyl sites for hydroxylation is 1. The summed E-state index contributed by atoms with van der Waals surface area (Å²) in [5.74, 6) is -0.811. The van der Waals surface area contributed by atoms with Crippen LogP contribution in [0.1, 0.15) is 42.8 Å². The van der Waals surface area contributed by atoms with Gasteiger partial charge in [-0.15, -0.1) is 11.3 Å². The minimum atomic E-state index is -1.16. The van der Waals surface area contributed by atoms with Crippen LogP contribution in [0.5, 0.6) is 0 Å². The molecule has 2 aromatic rings. The Morgan fingerprint density at radius 3 is 2.50 bits per heavy atom. The summed E-state index contributed by atoms with van der Waals surface area (Å²) in [6, 6.07) is 10.8. The normalized spacial score (nSPS) is 20.2. The summed E-state index contributed by atoms with van der Waals surface area (Å²) in [6.45, 7) is 5.30. The van der Waals surface area contributed by atoms with E-state index in [9.17, 15) is 14.4 Å². The molecule has 2 heterocycles. The van der Waals surface area contributed by atoms with E-state index in [1.165, 1.54) is 16.9 Å². The zero-order chi connectivity index (χ0) is 20.5. The molecule has 1 fully saturated rings. The lowest BCUT2D eigenvalue weighted by Gasteiger charge is -2.20. The number of thiophene rings is 1. The number of halogens is 1. The standard InChI is InChI=1S/C20H22BrN3O3S/c1-4-13-5-7-14(8-6-13)12(2)22-17(25)11-24-18(26)20(3,23-19(24)27)15-9-10-16(21)28-15/h5-10,12H,4,11H2,1-3H3,(H,22,25)(H,23,27). The van der Waals surface area contributed by atoms with Crippen molar-refractivity contribution < 1.29 is 14.4 Å². The SMILES string of the molecule is CCc1ccc(C(C)NC(=O)CN2C(=O)NC(C)(c3ccc(Br)s3)C2=O)cc1. The fraction of sp³-hybridized carbons (Fsp3) is 0.350. The highest BCUT2D eigenvalue weighted by atomic mass is 79.9. The number of imide groups is 1. The number of carbonyl (C=O) groups excluding carboxylic acids is 3. The summed E-state index contributed by atoms with van der Waals surface area (Å²) in [7, 11) is 0. The Balaban J connectivity index is 1.66. The molecule has 1 aliphatic rings. The average molecular weight is 464 g/mol. The molecular weight excluding hydrogens is 442 g/mol. The van der Waals surface area contributed by atoms with Gasteiger partial charge in [-0.2, -0.15) is 0 Å². The van der Waals surface area contributed by atoms with Gasteiger partial charge in [-0.25, -0.2) is 4.79 Å². The van der Waals surface area contributed by atoms with E-state index in [2.05, 4.69) is 33.5 Å². The molecule has 0 aliphatic carbocycles. The molecule has 148 valence electrons. The number of carbonyl (C=O) groups is 3. The highest BCUT2D eigenvalue weighted by Gasteiger charge is 2.50. The summed E-state index contributed by atoms with van der Waals surface area (Å²) >= 11 is 4.74. The van der Waals surface area contributed by atoms with E-state index in [4.69, 9.17) is 0 Å². The summed E-state index contributed by atoms with van der Waals surface area (Å²) < 4.78 is 0.866. The number of benzene rings is 1. The molecule has 2 atom stereocenters. The van der Waals surface area contributed by atoms with Crippen LogP contribution in [0.4, 0.5) is 4.79 Å². The molecule has 2 unspecified atom stereocenters. The Bertz CT molecular complexity index is 912. The van der Waals surface area contributed by atoms with Gasteiger partial charge in [0.05, 0.1) is 9.83 Å². The first-order valence-electron chi connectivity index (χ1n) is 9.02. The minimum Gasteiger partial charge on any atom is -0.348 e. The number of rotatable bonds is 6. The quantitative estimate of drug-likeness (QED) is 0.640. The van der Waals surface area contributed by atoms with Gasteiger partial charge in [0.15, 0.2) is 5.54 Å². The Kier molecular flexibility index (Phi) is 5.90. The van der Waals surface area contributed by atoms with E-state index in [-0.39, 0.29) is 18.5 Å². The highest BCUT2D eigenvalue weighted by Crippen LogP contribution is 2.35. The molecule has 4 amide bonds. The Hall–Kier alpha value is -2.19. The van der Waals surface area contributed by atoms with Crippen molar-refractivity contribution in [3.05, 3.63) is 56.2 Å². The summed E-state index contributed by atoms with van der Waals surface area (Å²) in [5, 5.41) is 5.56. The maximum absolute atomic E-state index is 12.9. The molecule has 8 heteroatoms. The highest BCUT2D eigenvalue weighted by molar-refractivity contribution is 9.11. The van der Waals surface area contributed by atoms with Crippen molar-refractivity contribution in [2.75, 3.05) is 6.54 Å². The molecule has 0 saturated carbocycles. The average Bonchev–Trinajstić information content (AvgIpc) is 3.20. The zero-order valence-electron chi connectivity index (χ0n) is 15.9. The van der Waals surface area contributed by atoms with Crippen LogP contribution in [-0.2, 0) is 21.5 Å². The maximum Gasteiger partial charge on any atom is 0.325 e. The van der Waals surface area contributed by atoms with Crippen LogP contribution in [0.3, 0.4) is 0 Å². The predicted molar refractivity (Wildman–Crippen MR) is 112 cm³/mol. The molecule has 3 rings (SSSR count). The van der Waals surface area contributed by atoms with Crippen molar-refractivity contribution in [3.8, 4) is 0 Å². The molecule has 6 nitrogen and oxygen atoms in total. The molecule has 1 saturated heterocycles. The minimum absolute atomic E-state index is 0.223. The largest absolute Gasteiger partial charge is 0.348 e.